The van der Waals surface area contributed by atoms with Gasteiger partial charge in [-0.25, -0.2) is 0 Å². The lowest BCUT2D eigenvalue weighted by Gasteiger charge is -2.17. The van der Waals surface area contributed by atoms with Crippen LogP contribution in [0.5, 0.6) is 5.75 Å². The summed E-state index contributed by atoms with van der Waals surface area (Å²) in [5, 5.41) is 16.1. The number of hydrogen-bond donors (Lipinski definition) is 3. The molecule has 1 aromatic rings. The molecule has 2 rings (SSSR count). The van der Waals surface area contributed by atoms with Crippen molar-refractivity contribution in [2.24, 2.45) is 0 Å². The zero-order chi connectivity index (χ0) is 10.7. The van der Waals surface area contributed by atoms with Gasteiger partial charge in [0, 0.05) is 29.7 Å². The van der Waals surface area contributed by atoms with Crippen molar-refractivity contribution in [1.82, 2.24) is 5.32 Å². The zero-order valence-electron chi connectivity index (χ0n) is 8.88. The van der Waals surface area contributed by atoms with Crippen molar-refractivity contribution in [3.63, 3.8) is 0 Å². The molecule has 0 aliphatic carbocycles. The smallest absolute Gasteiger partial charge is 0.120 e. The molecule has 15 heavy (non-hydrogen) atoms. The number of phenols is 1. The first kappa shape index (κ1) is 9.90. The zero-order valence-corrected chi connectivity index (χ0v) is 8.88. The Morgan fingerprint density at radius 1 is 1.40 bits per heavy atom. The Hall–Kier alpha value is -1.64. The van der Waals surface area contributed by atoms with Crippen LogP contribution in [0, 0.1) is 6.92 Å². The van der Waals surface area contributed by atoms with Crippen molar-refractivity contribution < 1.29 is 5.11 Å². The van der Waals surface area contributed by atoms with Crippen LogP contribution in [0.2, 0.25) is 0 Å². The number of allylic oxidation sites excluding steroid dienone is 1. The summed E-state index contributed by atoms with van der Waals surface area (Å²) < 4.78 is 0. The van der Waals surface area contributed by atoms with E-state index in [4.69, 9.17) is 0 Å². The number of benzene rings is 1. The first-order valence-electron chi connectivity index (χ1n) is 5.25. The third-order valence-corrected chi connectivity index (χ3v) is 2.64. The molecule has 0 saturated carbocycles. The molecule has 0 unspecified atom stereocenters. The van der Waals surface area contributed by atoms with Gasteiger partial charge in [-0.2, -0.15) is 0 Å². The van der Waals surface area contributed by atoms with Crippen LogP contribution in [0.3, 0.4) is 0 Å². The predicted molar refractivity (Wildman–Crippen MR) is 61.8 cm³/mol. The molecule has 1 aromatic carbocycles. The number of nitrogens with one attached hydrogen (secondary N) is 2. The van der Waals surface area contributed by atoms with Crippen LogP contribution in [0.15, 0.2) is 30.1 Å². The molecule has 0 radical (unpaired) electrons. The maximum atomic E-state index is 9.55. The Kier molecular flexibility index (Phi) is 2.81. The maximum absolute atomic E-state index is 9.55. The minimum absolute atomic E-state index is 0.337. The van der Waals surface area contributed by atoms with Gasteiger partial charge in [-0.15, -0.1) is 0 Å². The molecule has 0 aromatic heterocycles. The van der Waals surface area contributed by atoms with Crippen molar-refractivity contribution in [2.45, 2.75) is 19.8 Å². The SMILES string of the molecule is Cc1c(O)cccc1NC1=CNCCC1. The van der Waals surface area contributed by atoms with Gasteiger partial charge in [0.05, 0.1) is 0 Å². The van der Waals surface area contributed by atoms with Gasteiger partial charge in [-0.3, -0.25) is 0 Å². The Bertz CT molecular complexity index is 385. The van der Waals surface area contributed by atoms with Gasteiger partial charge < -0.3 is 15.7 Å². The number of aromatic hydroxyl groups is 1. The third kappa shape index (κ3) is 2.24. The van der Waals surface area contributed by atoms with E-state index in [1.54, 1.807) is 6.07 Å². The third-order valence-electron chi connectivity index (χ3n) is 2.64. The first-order chi connectivity index (χ1) is 7.27. The van der Waals surface area contributed by atoms with Crippen molar-refractivity contribution in [2.75, 3.05) is 11.9 Å². The van der Waals surface area contributed by atoms with E-state index in [9.17, 15) is 5.11 Å². The Balaban J connectivity index is 2.16. The summed E-state index contributed by atoms with van der Waals surface area (Å²) in [5.74, 6) is 0.337. The Labute approximate surface area is 89.8 Å². The molecular weight excluding hydrogens is 188 g/mol. The van der Waals surface area contributed by atoms with Gasteiger partial charge in [0.1, 0.15) is 5.75 Å². The van der Waals surface area contributed by atoms with Crippen LogP contribution in [-0.4, -0.2) is 11.7 Å². The summed E-state index contributed by atoms with van der Waals surface area (Å²) >= 11 is 0. The number of phenolic OH excluding ortho intramolecular Hbond substituents is 1. The van der Waals surface area contributed by atoms with Crippen LogP contribution in [0.25, 0.3) is 0 Å². The van der Waals surface area contributed by atoms with Gasteiger partial charge >= 0.3 is 0 Å². The highest BCUT2D eigenvalue weighted by Crippen LogP contribution is 2.25. The molecule has 0 atom stereocenters. The highest BCUT2D eigenvalue weighted by atomic mass is 16.3. The molecule has 1 aliphatic rings. The van der Waals surface area contributed by atoms with Crippen LogP contribution >= 0.6 is 0 Å². The summed E-state index contributed by atoms with van der Waals surface area (Å²) in [6.45, 7) is 2.96. The minimum atomic E-state index is 0.337. The van der Waals surface area contributed by atoms with E-state index in [-0.39, 0.29) is 0 Å². The minimum Gasteiger partial charge on any atom is -0.508 e. The Morgan fingerprint density at radius 2 is 2.27 bits per heavy atom. The lowest BCUT2D eigenvalue weighted by molar-refractivity contribution is 0.471. The van der Waals surface area contributed by atoms with E-state index in [0.717, 1.165) is 30.6 Å². The van der Waals surface area contributed by atoms with Gasteiger partial charge in [0.25, 0.3) is 0 Å². The second kappa shape index (κ2) is 4.26. The van der Waals surface area contributed by atoms with E-state index in [0.29, 0.717) is 5.75 Å². The van der Waals surface area contributed by atoms with E-state index in [1.807, 2.05) is 25.3 Å². The highest BCUT2D eigenvalue weighted by Gasteiger charge is 2.06. The van der Waals surface area contributed by atoms with E-state index in [1.165, 1.54) is 5.70 Å². The summed E-state index contributed by atoms with van der Waals surface area (Å²) in [7, 11) is 0. The number of rotatable bonds is 2. The molecule has 3 N–H and O–H groups in total. The van der Waals surface area contributed by atoms with E-state index >= 15 is 0 Å². The van der Waals surface area contributed by atoms with Crippen molar-refractivity contribution in [3.05, 3.63) is 35.7 Å². The topological polar surface area (TPSA) is 44.3 Å². The normalized spacial score (nSPS) is 15.4. The average molecular weight is 204 g/mol. The lowest BCUT2D eigenvalue weighted by atomic mass is 10.1. The van der Waals surface area contributed by atoms with Gasteiger partial charge in [-0.1, -0.05) is 6.07 Å². The second-order valence-electron chi connectivity index (χ2n) is 3.80. The quantitative estimate of drug-likeness (QED) is 0.692. The fraction of sp³-hybridized carbons (Fsp3) is 0.333. The van der Waals surface area contributed by atoms with Crippen molar-refractivity contribution >= 4 is 5.69 Å². The molecule has 3 nitrogen and oxygen atoms in total. The van der Waals surface area contributed by atoms with Crippen LogP contribution in [-0.2, 0) is 0 Å². The van der Waals surface area contributed by atoms with Gasteiger partial charge in [-0.05, 0) is 31.9 Å². The Morgan fingerprint density at radius 3 is 3.00 bits per heavy atom. The van der Waals surface area contributed by atoms with Gasteiger partial charge in [0.2, 0.25) is 0 Å². The summed E-state index contributed by atoms with van der Waals surface area (Å²) in [6, 6.07) is 5.53. The number of anilines is 1. The van der Waals surface area contributed by atoms with Crippen LogP contribution in [0.1, 0.15) is 18.4 Å². The molecule has 1 heterocycles. The second-order valence-corrected chi connectivity index (χ2v) is 3.80. The molecule has 80 valence electrons. The van der Waals surface area contributed by atoms with Gasteiger partial charge in [0.15, 0.2) is 0 Å². The predicted octanol–water partition coefficient (Wildman–Crippen LogP) is 2.34. The fourth-order valence-corrected chi connectivity index (χ4v) is 1.68. The fourth-order valence-electron chi connectivity index (χ4n) is 1.68. The first-order valence-corrected chi connectivity index (χ1v) is 5.25. The molecule has 0 saturated heterocycles. The largest absolute Gasteiger partial charge is 0.508 e. The van der Waals surface area contributed by atoms with Crippen molar-refractivity contribution in [3.8, 4) is 5.75 Å². The van der Waals surface area contributed by atoms with Crippen molar-refractivity contribution in [1.29, 1.82) is 0 Å². The lowest BCUT2D eigenvalue weighted by Crippen LogP contribution is -2.17. The summed E-state index contributed by atoms with van der Waals surface area (Å²) in [6.07, 6.45) is 4.21. The van der Waals surface area contributed by atoms with E-state index < -0.39 is 0 Å². The molecule has 0 bridgehead atoms. The number of hydrogen-bond acceptors (Lipinski definition) is 3. The molecule has 0 amide bonds. The highest BCUT2D eigenvalue weighted by molar-refractivity contribution is 5.59. The molecule has 0 spiro atoms. The molecular formula is C12H16N2O. The maximum Gasteiger partial charge on any atom is 0.120 e. The van der Waals surface area contributed by atoms with E-state index in [2.05, 4.69) is 10.6 Å². The van der Waals surface area contributed by atoms with Crippen LogP contribution < -0.4 is 10.6 Å². The summed E-state index contributed by atoms with van der Waals surface area (Å²) in [5.41, 5.74) is 3.05. The molecule has 1 aliphatic heterocycles. The standard InChI is InChI=1S/C12H16N2O/c1-9-11(5-2-6-12(9)15)14-10-4-3-7-13-8-10/h2,5-6,8,13-15H,3-4,7H2,1H3. The molecule has 3 heteroatoms. The molecule has 0 fully saturated rings. The summed E-state index contributed by atoms with van der Waals surface area (Å²) in [4.78, 5) is 0. The van der Waals surface area contributed by atoms with Crippen LogP contribution in [0.4, 0.5) is 5.69 Å². The average Bonchev–Trinajstić information content (AvgIpc) is 2.26. The monoisotopic (exact) mass is 204 g/mol.